The van der Waals surface area contributed by atoms with Crippen LogP contribution in [0.1, 0.15) is 16.7 Å². The molecule has 0 bridgehead atoms. The average Bonchev–Trinajstić information content (AvgIpc) is 3.67. The summed E-state index contributed by atoms with van der Waals surface area (Å²) in [5, 5.41) is 11.0. The molecule has 1 aromatic heterocycles. The summed E-state index contributed by atoms with van der Waals surface area (Å²) in [6.45, 7) is 2.08. The molecule has 4 nitrogen and oxygen atoms in total. The number of nitrogens with two attached hydrogens (primary N) is 1. The standard InChI is InChI=1S/C50H36N4.C7H8/c51-49(38-27-14-5-15-28-38)53-50(52)39-29-18-30-40(33-39)54-42-32-17-16-31-41(42)47-45(36-23-10-3-11-24-36)43(34-19-6-1-7-20-34)44(35-21-8-2-9-22-35)46(48(47)54)37-25-12-4-13-26-37;1-7-5-3-2-4-6-7/h1-33H,(H3,51,52,53);2-6H,1H3. The minimum Gasteiger partial charge on any atom is -0.383 e. The molecule has 10 rings (SSSR count). The fraction of sp³-hybridized carbons (Fsp3) is 0.0175. The second kappa shape index (κ2) is 17.4. The number of fused-ring (bicyclic) bond motifs is 3. The number of aliphatic imine (C=N–C) groups is 1. The quantitative estimate of drug-likeness (QED) is 0.123. The fourth-order valence-electron chi connectivity index (χ4n) is 8.24. The highest BCUT2D eigenvalue weighted by Crippen LogP contribution is 2.53. The van der Waals surface area contributed by atoms with Gasteiger partial charge in [0.2, 0.25) is 0 Å². The minimum atomic E-state index is 0.121. The van der Waals surface area contributed by atoms with Gasteiger partial charge in [0.1, 0.15) is 5.84 Å². The van der Waals surface area contributed by atoms with Gasteiger partial charge in [-0.3, -0.25) is 5.41 Å². The molecule has 0 fully saturated rings. The van der Waals surface area contributed by atoms with Crippen molar-refractivity contribution in [1.29, 1.82) is 5.41 Å². The van der Waals surface area contributed by atoms with Crippen LogP contribution in [0, 0.1) is 12.3 Å². The third kappa shape index (κ3) is 7.78. The van der Waals surface area contributed by atoms with Crippen molar-refractivity contribution in [3.63, 3.8) is 0 Å². The predicted octanol–water partition coefficient (Wildman–Crippen LogP) is 14.2. The first kappa shape index (κ1) is 38.4. The molecule has 0 aliphatic rings. The lowest BCUT2D eigenvalue weighted by atomic mass is 9.80. The molecule has 0 radical (unpaired) electrons. The van der Waals surface area contributed by atoms with Crippen LogP contribution in [-0.2, 0) is 0 Å². The number of amidine groups is 2. The van der Waals surface area contributed by atoms with Crippen LogP contribution in [0.5, 0.6) is 0 Å². The number of aromatic nitrogens is 1. The maximum Gasteiger partial charge on any atom is 0.154 e. The van der Waals surface area contributed by atoms with Gasteiger partial charge in [0.05, 0.1) is 11.0 Å². The maximum absolute atomic E-state index is 8.67. The van der Waals surface area contributed by atoms with Crippen LogP contribution in [0.15, 0.2) is 236 Å². The van der Waals surface area contributed by atoms with Crippen LogP contribution in [0.25, 0.3) is 72.0 Å². The van der Waals surface area contributed by atoms with Gasteiger partial charge in [-0.25, -0.2) is 4.99 Å². The third-order valence-electron chi connectivity index (χ3n) is 11.0. The number of aryl methyl sites for hydroxylation is 1. The van der Waals surface area contributed by atoms with Gasteiger partial charge in [0, 0.05) is 44.3 Å². The topological polar surface area (TPSA) is 67.2 Å². The summed E-state index contributed by atoms with van der Waals surface area (Å²) < 4.78 is 2.39. The first-order valence-corrected chi connectivity index (χ1v) is 20.5. The van der Waals surface area contributed by atoms with Gasteiger partial charge < -0.3 is 10.3 Å². The predicted molar refractivity (Wildman–Crippen MR) is 258 cm³/mol. The Labute approximate surface area is 357 Å². The fourth-order valence-corrected chi connectivity index (χ4v) is 8.24. The summed E-state index contributed by atoms with van der Waals surface area (Å²) in [6, 6.07) is 79.8. The third-order valence-corrected chi connectivity index (χ3v) is 11.0. The number of rotatable bonds is 7. The van der Waals surface area contributed by atoms with Crippen LogP contribution in [0.2, 0.25) is 0 Å². The Kier molecular flexibility index (Phi) is 11.0. The smallest absolute Gasteiger partial charge is 0.154 e. The van der Waals surface area contributed by atoms with Crippen LogP contribution >= 0.6 is 0 Å². The summed E-state index contributed by atoms with van der Waals surface area (Å²) >= 11 is 0. The van der Waals surface area contributed by atoms with Crippen LogP contribution in [-0.4, -0.2) is 16.2 Å². The second-order valence-electron chi connectivity index (χ2n) is 15.0. The maximum atomic E-state index is 8.67. The highest BCUT2D eigenvalue weighted by Gasteiger charge is 2.28. The Morgan fingerprint density at radius 1 is 0.443 bits per heavy atom. The molecule has 292 valence electrons. The van der Waals surface area contributed by atoms with Crippen molar-refractivity contribution in [1.82, 2.24) is 4.57 Å². The molecule has 0 saturated heterocycles. The molecule has 3 N–H and O–H groups in total. The highest BCUT2D eigenvalue weighted by molar-refractivity contribution is 6.26. The number of hydrogen-bond donors (Lipinski definition) is 2. The number of nitrogens with one attached hydrogen (secondary N) is 1. The van der Waals surface area contributed by atoms with Crippen molar-refractivity contribution in [3.05, 3.63) is 247 Å². The van der Waals surface area contributed by atoms with Gasteiger partial charge in [-0.15, -0.1) is 0 Å². The Hall–Kier alpha value is -8.08. The Morgan fingerprint density at radius 3 is 1.39 bits per heavy atom. The monoisotopic (exact) mass is 784 g/mol. The highest BCUT2D eigenvalue weighted by atomic mass is 15.0. The number of para-hydroxylation sites is 1. The molecule has 0 saturated carbocycles. The van der Waals surface area contributed by atoms with Crippen molar-refractivity contribution in [2.75, 3.05) is 0 Å². The zero-order chi connectivity index (χ0) is 41.5. The van der Waals surface area contributed by atoms with Crippen molar-refractivity contribution in [2.45, 2.75) is 6.92 Å². The van der Waals surface area contributed by atoms with Gasteiger partial charge in [-0.05, 0) is 52.9 Å². The zero-order valence-corrected chi connectivity index (χ0v) is 33.9. The molecule has 9 aromatic carbocycles. The van der Waals surface area contributed by atoms with Crippen LogP contribution in [0.4, 0.5) is 0 Å². The van der Waals surface area contributed by atoms with Crippen molar-refractivity contribution >= 4 is 33.5 Å². The van der Waals surface area contributed by atoms with Gasteiger partial charge in [0.25, 0.3) is 0 Å². The first-order chi connectivity index (χ1) is 30.1. The largest absolute Gasteiger partial charge is 0.383 e. The molecule has 0 spiro atoms. The molecule has 0 aliphatic carbocycles. The van der Waals surface area contributed by atoms with Crippen molar-refractivity contribution in [3.8, 4) is 50.2 Å². The van der Waals surface area contributed by atoms with Gasteiger partial charge in [0.15, 0.2) is 5.84 Å². The van der Waals surface area contributed by atoms with E-state index in [-0.39, 0.29) is 11.7 Å². The van der Waals surface area contributed by atoms with E-state index in [0.717, 1.165) is 61.1 Å². The summed E-state index contributed by atoms with van der Waals surface area (Å²) in [5.41, 5.74) is 21.8. The van der Waals surface area contributed by atoms with E-state index in [1.54, 1.807) is 0 Å². The SMILES string of the molecule is Cc1ccccc1.N=C(N=C(N)c1cccc(-n2c3ccccc3c3c(-c4ccccc4)c(-c4ccccc4)c(-c4ccccc4)c(-c4ccccc4)c32)c1)c1ccccc1. The van der Waals surface area contributed by atoms with E-state index in [0.29, 0.717) is 5.56 Å². The van der Waals surface area contributed by atoms with E-state index in [1.165, 1.54) is 22.1 Å². The normalized spacial score (nSPS) is 11.3. The molecular formula is C57H44N4. The summed E-state index contributed by atoms with van der Waals surface area (Å²) in [7, 11) is 0. The summed E-state index contributed by atoms with van der Waals surface area (Å²) in [5.74, 6) is 0.409. The van der Waals surface area contributed by atoms with E-state index in [1.807, 2.05) is 60.7 Å². The van der Waals surface area contributed by atoms with Crippen molar-refractivity contribution < 1.29 is 0 Å². The van der Waals surface area contributed by atoms with Gasteiger partial charge in [-0.1, -0.05) is 218 Å². The molecule has 1 heterocycles. The Morgan fingerprint density at radius 2 is 0.869 bits per heavy atom. The Bertz CT molecular complexity index is 3120. The molecule has 0 atom stereocenters. The number of nitrogens with zero attached hydrogens (tertiary/aromatic N) is 2. The second-order valence-corrected chi connectivity index (χ2v) is 15.0. The van der Waals surface area contributed by atoms with Crippen LogP contribution in [0.3, 0.4) is 0 Å². The lowest BCUT2D eigenvalue weighted by Crippen LogP contribution is -2.16. The van der Waals surface area contributed by atoms with Gasteiger partial charge in [-0.2, -0.15) is 0 Å². The van der Waals surface area contributed by atoms with Gasteiger partial charge >= 0.3 is 0 Å². The van der Waals surface area contributed by atoms with Crippen LogP contribution < -0.4 is 5.73 Å². The summed E-state index contributed by atoms with van der Waals surface area (Å²) in [6.07, 6.45) is 0. The molecule has 0 unspecified atom stereocenters. The molecule has 10 aromatic rings. The van der Waals surface area contributed by atoms with Crippen molar-refractivity contribution in [2.24, 2.45) is 10.7 Å². The number of hydrogen-bond acceptors (Lipinski definition) is 1. The lowest BCUT2D eigenvalue weighted by Gasteiger charge is -2.24. The Balaban J connectivity index is 0.000000620. The van der Waals surface area contributed by atoms with E-state index in [2.05, 4.69) is 186 Å². The lowest BCUT2D eigenvalue weighted by molar-refractivity contribution is 1.18. The van der Waals surface area contributed by atoms with E-state index in [4.69, 9.17) is 11.1 Å². The van der Waals surface area contributed by atoms with E-state index in [9.17, 15) is 0 Å². The molecule has 0 amide bonds. The molecule has 0 aliphatic heterocycles. The minimum absolute atomic E-state index is 0.121. The van der Waals surface area contributed by atoms with E-state index < -0.39 is 0 Å². The van der Waals surface area contributed by atoms with E-state index >= 15 is 0 Å². The number of benzene rings is 9. The zero-order valence-electron chi connectivity index (χ0n) is 33.9. The average molecular weight is 785 g/mol. The molecular weight excluding hydrogens is 741 g/mol. The molecule has 4 heteroatoms. The summed E-state index contributed by atoms with van der Waals surface area (Å²) in [4.78, 5) is 4.55. The molecule has 61 heavy (non-hydrogen) atoms. The first-order valence-electron chi connectivity index (χ1n) is 20.5.